The second-order valence-corrected chi connectivity index (χ2v) is 9.49. The molecule has 6 nitrogen and oxygen atoms in total. The fourth-order valence-electron chi connectivity index (χ4n) is 4.14. The van der Waals surface area contributed by atoms with Crippen molar-refractivity contribution in [3.8, 4) is 0 Å². The fourth-order valence-corrected chi connectivity index (χ4v) is 5.44. The Bertz CT molecular complexity index is 816. The maximum atomic E-state index is 12.8. The van der Waals surface area contributed by atoms with E-state index in [4.69, 9.17) is 4.74 Å². The van der Waals surface area contributed by atoms with Gasteiger partial charge >= 0.3 is 6.03 Å². The van der Waals surface area contributed by atoms with Gasteiger partial charge in [0.05, 0.1) is 5.54 Å². The van der Waals surface area contributed by atoms with Crippen LogP contribution in [0.3, 0.4) is 0 Å². The lowest BCUT2D eigenvalue weighted by molar-refractivity contribution is 0.0418. The molecule has 2 fully saturated rings. The van der Waals surface area contributed by atoms with Crippen molar-refractivity contribution < 1.29 is 9.53 Å². The SMILES string of the molecule is O=C(Nc1nnc(C2CCCCC2)s1)NC1(c2cccc(Br)c2)CCOCC1. The van der Waals surface area contributed by atoms with E-state index in [0.29, 0.717) is 24.3 Å². The van der Waals surface area contributed by atoms with Crippen molar-refractivity contribution >= 4 is 38.4 Å². The van der Waals surface area contributed by atoms with Gasteiger partial charge in [-0.05, 0) is 43.4 Å². The number of rotatable bonds is 4. The van der Waals surface area contributed by atoms with E-state index in [0.717, 1.165) is 27.9 Å². The number of nitrogens with zero attached hydrogens (tertiary/aromatic N) is 2. The topological polar surface area (TPSA) is 76.1 Å². The predicted octanol–water partition coefficient (Wildman–Crippen LogP) is 5.18. The summed E-state index contributed by atoms with van der Waals surface area (Å²) in [5, 5.41) is 16.2. The van der Waals surface area contributed by atoms with Crippen LogP contribution in [0.5, 0.6) is 0 Å². The van der Waals surface area contributed by atoms with Gasteiger partial charge in [0, 0.05) is 23.6 Å². The highest BCUT2D eigenvalue weighted by Gasteiger charge is 2.36. The Hall–Kier alpha value is -1.51. The Morgan fingerprint density at radius 3 is 2.71 bits per heavy atom. The molecule has 0 atom stereocenters. The third-order valence-corrected chi connectivity index (χ3v) is 7.19. The van der Waals surface area contributed by atoms with Gasteiger partial charge in [-0.15, -0.1) is 10.2 Å². The number of hydrogen-bond acceptors (Lipinski definition) is 5. The summed E-state index contributed by atoms with van der Waals surface area (Å²) >= 11 is 5.04. The zero-order valence-electron chi connectivity index (χ0n) is 15.7. The quantitative estimate of drug-likeness (QED) is 0.653. The van der Waals surface area contributed by atoms with Crippen LogP contribution in [-0.4, -0.2) is 29.4 Å². The highest BCUT2D eigenvalue weighted by atomic mass is 79.9. The fraction of sp³-hybridized carbons (Fsp3) is 0.550. The number of carbonyl (C=O) groups excluding carboxylic acids is 1. The lowest BCUT2D eigenvalue weighted by Gasteiger charge is -2.38. The van der Waals surface area contributed by atoms with Crippen LogP contribution in [0.1, 0.15) is 61.4 Å². The Labute approximate surface area is 177 Å². The molecule has 1 saturated heterocycles. The minimum Gasteiger partial charge on any atom is -0.381 e. The number of amides is 2. The number of anilines is 1. The largest absolute Gasteiger partial charge is 0.381 e. The molecule has 2 heterocycles. The van der Waals surface area contributed by atoms with Crippen LogP contribution in [0.2, 0.25) is 0 Å². The van der Waals surface area contributed by atoms with Crippen LogP contribution in [-0.2, 0) is 10.3 Å². The highest BCUT2D eigenvalue weighted by molar-refractivity contribution is 9.10. The second-order valence-electron chi connectivity index (χ2n) is 7.56. The number of ether oxygens (including phenoxy) is 1. The van der Waals surface area contributed by atoms with Crippen molar-refractivity contribution in [2.75, 3.05) is 18.5 Å². The first-order valence-corrected chi connectivity index (χ1v) is 11.5. The molecule has 1 aromatic carbocycles. The van der Waals surface area contributed by atoms with Crippen LogP contribution < -0.4 is 10.6 Å². The number of hydrogen-bond donors (Lipinski definition) is 2. The first-order chi connectivity index (χ1) is 13.6. The summed E-state index contributed by atoms with van der Waals surface area (Å²) in [4.78, 5) is 12.8. The molecule has 28 heavy (non-hydrogen) atoms. The lowest BCUT2D eigenvalue weighted by atomic mass is 9.83. The van der Waals surface area contributed by atoms with Crippen molar-refractivity contribution in [1.29, 1.82) is 0 Å². The summed E-state index contributed by atoms with van der Waals surface area (Å²) < 4.78 is 6.54. The molecule has 0 radical (unpaired) electrons. The first-order valence-electron chi connectivity index (χ1n) is 9.91. The van der Waals surface area contributed by atoms with E-state index in [1.54, 1.807) is 0 Å². The molecule has 8 heteroatoms. The maximum absolute atomic E-state index is 12.8. The van der Waals surface area contributed by atoms with Crippen molar-refractivity contribution in [2.24, 2.45) is 0 Å². The third kappa shape index (κ3) is 4.55. The molecule has 0 bridgehead atoms. The van der Waals surface area contributed by atoms with Crippen LogP contribution >= 0.6 is 27.3 Å². The standard InChI is InChI=1S/C20H25BrN4O2S/c21-16-8-4-7-15(13-16)20(9-11-27-12-10-20)23-18(26)22-19-25-24-17(28-19)14-5-2-1-3-6-14/h4,7-8,13-14H,1-3,5-6,9-12H2,(H2,22,23,25,26). The number of nitrogens with one attached hydrogen (secondary N) is 2. The molecule has 150 valence electrons. The van der Waals surface area contributed by atoms with Crippen LogP contribution in [0, 0.1) is 0 Å². The Morgan fingerprint density at radius 1 is 1.18 bits per heavy atom. The summed E-state index contributed by atoms with van der Waals surface area (Å²) in [6.07, 6.45) is 7.64. The first kappa shape index (κ1) is 19.8. The molecule has 2 N–H and O–H groups in total. The molecule has 1 aromatic heterocycles. The Balaban J connectivity index is 1.45. The summed E-state index contributed by atoms with van der Waals surface area (Å²) in [5.41, 5.74) is 0.642. The molecular formula is C20H25BrN4O2S. The van der Waals surface area contributed by atoms with Gasteiger partial charge in [0.2, 0.25) is 5.13 Å². The average Bonchev–Trinajstić information content (AvgIpc) is 3.17. The van der Waals surface area contributed by atoms with E-state index in [9.17, 15) is 4.79 Å². The van der Waals surface area contributed by atoms with Crippen LogP contribution in [0.15, 0.2) is 28.7 Å². The normalized spacial score (nSPS) is 19.9. The summed E-state index contributed by atoms with van der Waals surface area (Å²) in [7, 11) is 0. The summed E-state index contributed by atoms with van der Waals surface area (Å²) in [5.74, 6) is 0.494. The molecule has 0 unspecified atom stereocenters. The zero-order chi connectivity index (χ0) is 19.4. The van der Waals surface area contributed by atoms with Crippen molar-refractivity contribution in [2.45, 2.75) is 56.4 Å². The van der Waals surface area contributed by atoms with Crippen molar-refractivity contribution in [3.63, 3.8) is 0 Å². The highest BCUT2D eigenvalue weighted by Crippen LogP contribution is 2.36. The number of benzene rings is 1. The number of aromatic nitrogens is 2. The van der Waals surface area contributed by atoms with Gasteiger partial charge in [-0.1, -0.05) is 58.7 Å². The Morgan fingerprint density at radius 2 is 1.96 bits per heavy atom. The molecule has 0 spiro atoms. The van der Waals surface area contributed by atoms with Crippen molar-refractivity contribution in [3.05, 3.63) is 39.3 Å². The molecule has 1 aliphatic carbocycles. The molecule has 2 amide bonds. The monoisotopic (exact) mass is 464 g/mol. The van der Waals surface area contributed by atoms with Gasteiger partial charge in [0.15, 0.2) is 0 Å². The third-order valence-electron chi connectivity index (χ3n) is 5.69. The zero-order valence-corrected chi connectivity index (χ0v) is 18.2. The summed E-state index contributed by atoms with van der Waals surface area (Å²) in [6.45, 7) is 1.24. The van der Waals surface area contributed by atoms with Crippen molar-refractivity contribution in [1.82, 2.24) is 15.5 Å². The molecular weight excluding hydrogens is 440 g/mol. The van der Waals surface area contributed by atoms with E-state index < -0.39 is 5.54 Å². The van der Waals surface area contributed by atoms with Gasteiger partial charge in [0.25, 0.3) is 0 Å². The Kier molecular flexibility index (Phi) is 6.28. The van der Waals surface area contributed by atoms with Crippen LogP contribution in [0.25, 0.3) is 0 Å². The smallest absolute Gasteiger partial charge is 0.321 e. The second kappa shape index (κ2) is 8.88. The molecule has 4 rings (SSSR count). The van der Waals surface area contributed by atoms with E-state index in [2.05, 4.69) is 48.9 Å². The van der Waals surface area contributed by atoms with E-state index in [1.807, 2.05) is 12.1 Å². The minimum absolute atomic E-state index is 0.242. The average molecular weight is 465 g/mol. The van der Waals surface area contributed by atoms with Gasteiger partial charge in [-0.25, -0.2) is 4.79 Å². The van der Waals surface area contributed by atoms with Gasteiger partial charge in [-0.2, -0.15) is 0 Å². The maximum Gasteiger partial charge on any atom is 0.321 e. The number of urea groups is 1. The van der Waals surface area contributed by atoms with Crippen LogP contribution in [0.4, 0.5) is 9.93 Å². The van der Waals surface area contributed by atoms with E-state index >= 15 is 0 Å². The van der Waals surface area contributed by atoms with Gasteiger partial charge in [0.1, 0.15) is 5.01 Å². The number of carbonyl (C=O) groups is 1. The summed E-state index contributed by atoms with van der Waals surface area (Å²) in [6, 6.07) is 7.87. The molecule has 2 aliphatic rings. The molecule has 1 aliphatic heterocycles. The molecule has 1 saturated carbocycles. The van der Waals surface area contributed by atoms with Gasteiger partial charge < -0.3 is 10.1 Å². The lowest BCUT2D eigenvalue weighted by Crippen LogP contribution is -2.50. The number of halogens is 1. The van der Waals surface area contributed by atoms with Gasteiger partial charge in [-0.3, -0.25) is 5.32 Å². The minimum atomic E-state index is -0.441. The van der Waals surface area contributed by atoms with E-state index in [1.165, 1.54) is 43.4 Å². The van der Waals surface area contributed by atoms with E-state index in [-0.39, 0.29) is 6.03 Å². The molecule has 2 aromatic rings. The predicted molar refractivity (Wildman–Crippen MR) is 114 cm³/mol.